The minimum atomic E-state index is -2.14. The van der Waals surface area contributed by atoms with Crippen molar-refractivity contribution < 1.29 is 8.42 Å². The highest BCUT2D eigenvalue weighted by atomic mass is 32.2. The summed E-state index contributed by atoms with van der Waals surface area (Å²) in [7, 11) is -0.231. The number of hydrogen-bond acceptors (Lipinski definition) is 3. The van der Waals surface area contributed by atoms with Crippen LogP contribution < -0.4 is 0 Å². The molecule has 0 radical (unpaired) electrons. The summed E-state index contributed by atoms with van der Waals surface area (Å²) >= 11 is 0. The van der Waals surface area contributed by atoms with Crippen LogP contribution in [0.3, 0.4) is 0 Å². The quantitative estimate of drug-likeness (QED) is 0.464. The van der Waals surface area contributed by atoms with Crippen LogP contribution in [0.25, 0.3) is 0 Å². The van der Waals surface area contributed by atoms with Gasteiger partial charge in [0.25, 0.3) is 0 Å². The van der Waals surface area contributed by atoms with E-state index >= 15 is 0 Å². The van der Waals surface area contributed by atoms with Crippen molar-refractivity contribution in [3.05, 3.63) is 0 Å². The van der Waals surface area contributed by atoms with Crippen LogP contribution in [0.4, 0.5) is 0 Å². The van der Waals surface area contributed by atoms with Crippen molar-refractivity contribution in [1.82, 2.24) is 4.90 Å². The maximum atomic E-state index is 10.1. The lowest BCUT2D eigenvalue weighted by atomic mass is 10.2. The molecule has 0 spiro atoms. The SMILES string of the molecule is CN1CC([SH](=O)=O)C1. The molecule has 0 unspecified atom stereocenters. The van der Waals surface area contributed by atoms with Crippen molar-refractivity contribution in [3.8, 4) is 0 Å². The fourth-order valence-corrected chi connectivity index (χ4v) is 1.62. The van der Waals surface area contributed by atoms with Gasteiger partial charge in [-0.1, -0.05) is 0 Å². The van der Waals surface area contributed by atoms with Gasteiger partial charge in [-0.05, 0) is 7.05 Å². The first kappa shape index (κ1) is 6.04. The Morgan fingerprint density at radius 2 is 2.00 bits per heavy atom. The highest BCUT2D eigenvalue weighted by molar-refractivity contribution is 7.73. The van der Waals surface area contributed by atoms with E-state index in [4.69, 9.17) is 0 Å². The standard InChI is InChI=1S/C4H9NO2S/c1-5-2-4(3-5)8(6)7/h4,8H,2-3H2,1H3. The molecular weight excluding hydrogens is 126 g/mol. The average molecular weight is 135 g/mol. The fourth-order valence-electron chi connectivity index (χ4n) is 0.799. The van der Waals surface area contributed by atoms with Crippen LogP contribution in [-0.4, -0.2) is 38.7 Å². The summed E-state index contributed by atoms with van der Waals surface area (Å²) < 4.78 is 20.3. The molecule has 1 aliphatic heterocycles. The molecule has 1 saturated heterocycles. The predicted octanol–water partition coefficient (Wildman–Crippen LogP) is -1.09. The Morgan fingerprint density at radius 1 is 1.50 bits per heavy atom. The topological polar surface area (TPSA) is 37.4 Å². The fraction of sp³-hybridized carbons (Fsp3) is 1.00. The second-order valence-corrected chi connectivity index (χ2v) is 3.46. The molecule has 4 heteroatoms. The first-order valence-corrected chi connectivity index (χ1v) is 3.77. The van der Waals surface area contributed by atoms with Crippen molar-refractivity contribution in [2.75, 3.05) is 20.1 Å². The molecule has 1 rings (SSSR count). The van der Waals surface area contributed by atoms with E-state index in [-0.39, 0.29) is 5.25 Å². The van der Waals surface area contributed by atoms with E-state index in [1.54, 1.807) is 0 Å². The van der Waals surface area contributed by atoms with Gasteiger partial charge in [0.05, 0.1) is 5.25 Å². The van der Waals surface area contributed by atoms with Gasteiger partial charge >= 0.3 is 0 Å². The van der Waals surface area contributed by atoms with E-state index in [2.05, 4.69) is 0 Å². The van der Waals surface area contributed by atoms with Crippen LogP contribution in [0.15, 0.2) is 0 Å². The summed E-state index contributed by atoms with van der Waals surface area (Å²) in [5, 5.41) is -0.0602. The second kappa shape index (κ2) is 2.03. The summed E-state index contributed by atoms with van der Waals surface area (Å²) in [5.74, 6) is 0. The number of hydrogen-bond donors (Lipinski definition) is 1. The van der Waals surface area contributed by atoms with E-state index < -0.39 is 10.7 Å². The van der Waals surface area contributed by atoms with Crippen molar-refractivity contribution in [2.24, 2.45) is 0 Å². The zero-order valence-electron chi connectivity index (χ0n) is 4.70. The van der Waals surface area contributed by atoms with Gasteiger partial charge in [0, 0.05) is 13.1 Å². The molecule has 0 aliphatic carbocycles. The van der Waals surface area contributed by atoms with Gasteiger partial charge in [-0.25, -0.2) is 8.42 Å². The molecule has 48 valence electrons. The maximum Gasteiger partial charge on any atom is 0.145 e. The van der Waals surface area contributed by atoms with Crippen molar-refractivity contribution in [3.63, 3.8) is 0 Å². The molecule has 1 heterocycles. The highest BCUT2D eigenvalue weighted by Crippen LogP contribution is 2.05. The molecule has 0 amide bonds. The second-order valence-electron chi connectivity index (χ2n) is 2.16. The molecule has 0 atom stereocenters. The summed E-state index contributed by atoms with van der Waals surface area (Å²) in [6.07, 6.45) is 0. The summed E-state index contributed by atoms with van der Waals surface area (Å²) in [6, 6.07) is 0. The minimum absolute atomic E-state index is 0.0602. The Bertz CT molecular complexity index is 140. The summed E-state index contributed by atoms with van der Waals surface area (Å²) in [5.41, 5.74) is 0. The predicted molar refractivity (Wildman–Crippen MR) is 31.6 cm³/mol. The Balaban J connectivity index is 2.36. The van der Waals surface area contributed by atoms with Gasteiger partial charge in [-0.2, -0.15) is 0 Å². The maximum absolute atomic E-state index is 10.1. The normalized spacial score (nSPS) is 23.8. The van der Waals surface area contributed by atoms with E-state index in [1.807, 2.05) is 11.9 Å². The lowest BCUT2D eigenvalue weighted by Crippen LogP contribution is -2.48. The van der Waals surface area contributed by atoms with E-state index in [0.29, 0.717) is 0 Å². The van der Waals surface area contributed by atoms with Gasteiger partial charge < -0.3 is 4.90 Å². The third kappa shape index (κ3) is 1.00. The van der Waals surface area contributed by atoms with Gasteiger partial charge in [0.1, 0.15) is 10.7 Å². The van der Waals surface area contributed by atoms with Crippen molar-refractivity contribution >= 4 is 10.7 Å². The van der Waals surface area contributed by atoms with Crippen LogP contribution in [0.1, 0.15) is 0 Å². The number of rotatable bonds is 1. The van der Waals surface area contributed by atoms with Gasteiger partial charge in [0.15, 0.2) is 0 Å². The smallest absolute Gasteiger partial charge is 0.145 e. The monoisotopic (exact) mass is 135 g/mol. The molecule has 0 aromatic carbocycles. The third-order valence-electron chi connectivity index (χ3n) is 1.34. The Hall–Kier alpha value is -0.0900. The van der Waals surface area contributed by atoms with E-state index in [9.17, 15) is 8.42 Å². The molecule has 3 nitrogen and oxygen atoms in total. The zero-order valence-corrected chi connectivity index (χ0v) is 5.60. The number of nitrogens with zero attached hydrogens (tertiary/aromatic N) is 1. The first-order chi connectivity index (χ1) is 3.70. The molecule has 0 aromatic rings. The first-order valence-electron chi connectivity index (χ1n) is 2.52. The van der Waals surface area contributed by atoms with Crippen LogP contribution in [-0.2, 0) is 10.7 Å². The Kier molecular flexibility index (Phi) is 1.53. The molecule has 1 aliphatic rings. The van der Waals surface area contributed by atoms with Crippen molar-refractivity contribution in [2.45, 2.75) is 5.25 Å². The van der Waals surface area contributed by atoms with Crippen molar-refractivity contribution in [1.29, 1.82) is 0 Å². The Labute approximate surface area is 50.2 Å². The largest absolute Gasteiger partial charge is 0.304 e. The van der Waals surface area contributed by atoms with Gasteiger partial charge in [-0.15, -0.1) is 0 Å². The average Bonchev–Trinajstić information content (AvgIpc) is 1.57. The van der Waals surface area contributed by atoms with Gasteiger partial charge in [0.2, 0.25) is 0 Å². The minimum Gasteiger partial charge on any atom is -0.304 e. The van der Waals surface area contributed by atoms with Crippen LogP contribution in [0.5, 0.6) is 0 Å². The molecular formula is C4H9NO2S. The Morgan fingerprint density at radius 3 is 2.12 bits per heavy atom. The molecule has 0 bridgehead atoms. The summed E-state index contributed by atoms with van der Waals surface area (Å²) in [4.78, 5) is 1.98. The third-order valence-corrected chi connectivity index (χ3v) is 2.27. The van der Waals surface area contributed by atoms with Crippen LogP contribution in [0.2, 0.25) is 0 Å². The highest BCUT2D eigenvalue weighted by Gasteiger charge is 2.25. The molecule has 8 heavy (non-hydrogen) atoms. The number of thiol groups is 1. The van der Waals surface area contributed by atoms with Crippen LogP contribution in [0, 0.1) is 0 Å². The molecule has 0 aromatic heterocycles. The molecule has 1 fully saturated rings. The van der Waals surface area contributed by atoms with Crippen LogP contribution >= 0.6 is 0 Å². The number of likely N-dealkylation sites (tertiary alicyclic amines) is 1. The lowest BCUT2D eigenvalue weighted by molar-refractivity contribution is 0.234. The van der Waals surface area contributed by atoms with E-state index in [1.165, 1.54) is 0 Å². The zero-order chi connectivity index (χ0) is 6.15. The lowest BCUT2D eigenvalue weighted by Gasteiger charge is -2.31. The molecule has 0 saturated carbocycles. The summed E-state index contributed by atoms with van der Waals surface area (Å²) in [6.45, 7) is 1.44. The molecule has 0 N–H and O–H groups in total. The van der Waals surface area contributed by atoms with Gasteiger partial charge in [-0.3, -0.25) is 0 Å². The van der Waals surface area contributed by atoms with E-state index in [0.717, 1.165) is 13.1 Å².